The normalized spacial score (nSPS) is 20.7. The van der Waals surface area contributed by atoms with Crippen molar-refractivity contribution < 1.29 is 4.79 Å². The third-order valence-electron chi connectivity index (χ3n) is 4.93. The van der Waals surface area contributed by atoms with Crippen molar-refractivity contribution >= 4 is 5.91 Å². The molecule has 0 saturated carbocycles. The van der Waals surface area contributed by atoms with Crippen LogP contribution in [0.4, 0.5) is 0 Å². The molecule has 3 heterocycles. The maximum absolute atomic E-state index is 12.1. The van der Waals surface area contributed by atoms with Gasteiger partial charge in [0.1, 0.15) is 0 Å². The second-order valence-corrected chi connectivity index (χ2v) is 6.73. The Bertz CT molecular complexity index is 521. The molecule has 0 atom stereocenters. The number of amides is 1. The molecule has 0 spiro atoms. The highest BCUT2D eigenvalue weighted by Gasteiger charge is 2.23. The van der Waals surface area contributed by atoms with E-state index in [9.17, 15) is 4.79 Å². The molecule has 2 saturated heterocycles. The van der Waals surface area contributed by atoms with E-state index in [1.54, 1.807) is 12.4 Å². The van der Waals surface area contributed by atoms with Crippen LogP contribution in [0.3, 0.4) is 0 Å². The molecule has 0 aliphatic carbocycles. The Morgan fingerprint density at radius 3 is 2.61 bits per heavy atom. The zero-order valence-electron chi connectivity index (χ0n) is 14.0. The highest BCUT2D eigenvalue weighted by atomic mass is 16.2. The fourth-order valence-electron chi connectivity index (χ4n) is 3.52. The van der Waals surface area contributed by atoms with E-state index < -0.39 is 0 Å². The molecule has 3 rings (SSSR count). The lowest BCUT2D eigenvalue weighted by Gasteiger charge is -2.29. The summed E-state index contributed by atoms with van der Waals surface area (Å²) >= 11 is 0. The van der Waals surface area contributed by atoms with Crippen molar-refractivity contribution in [1.82, 2.24) is 25.1 Å². The second kappa shape index (κ2) is 7.84. The molecule has 0 radical (unpaired) electrons. The molecule has 1 aromatic heterocycles. The third-order valence-corrected chi connectivity index (χ3v) is 4.93. The van der Waals surface area contributed by atoms with Crippen molar-refractivity contribution in [1.29, 1.82) is 0 Å². The van der Waals surface area contributed by atoms with Gasteiger partial charge in [-0.25, -0.2) is 0 Å². The Balaban J connectivity index is 1.56. The van der Waals surface area contributed by atoms with Crippen molar-refractivity contribution in [2.45, 2.75) is 38.1 Å². The van der Waals surface area contributed by atoms with Gasteiger partial charge in [0.05, 0.1) is 24.5 Å². The van der Waals surface area contributed by atoms with Gasteiger partial charge in [0.2, 0.25) is 5.91 Å². The van der Waals surface area contributed by atoms with Crippen LogP contribution in [0.1, 0.15) is 43.0 Å². The zero-order valence-corrected chi connectivity index (χ0v) is 14.0. The maximum Gasteiger partial charge on any atom is 0.234 e. The molecular weight excluding hydrogens is 290 g/mol. The van der Waals surface area contributed by atoms with Crippen LogP contribution in [-0.2, 0) is 11.3 Å². The predicted octanol–water partition coefficient (Wildman–Crippen LogP) is 0.998. The van der Waals surface area contributed by atoms with E-state index in [-0.39, 0.29) is 5.91 Å². The SMILES string of the molecule is CN1CCC(c2nccnc2CNC(=O)CN2CCCC2)CC1. The summed E-state index contributed by atoms with van der Waals surface area (Å²) < 4.78 is 0. The Hall–Kier alpha value is -1.53. The molecule has 126 valence electrons. The van der Waals surface area contributed by atoms with Crippen LogP contribution in [0, 0.1) is 0 Å². The lowest BCUT2D eigenvalue weighted by molar-refractivity contribution is -0.122. The molecule has 23 heavy (non-hydrogen) atoms. The fraction of sp³-hybridized carbons (Fsp3) is 0.706. The minimum Gasteiger partial charge on any atom is -0.349 e. The monoisotopic (exact) mass is 317 g/mol. The smallest absolute Gasteiger partial charge is 0.234 e. The molecule has 0 unspecified atom stereocenters. The van der Waals surface area contributed by atoms with Crippen LogP contribution in [0.2, 0.25) is 0 Å². The number of piperidine rings is 1. The van der Waals surface area contributed by atoms with Gasteiger partial charge in [-0.1, -0.05) is 0 Å². The molecule has 0 bridgehead atoms. The lowest BCUT2D eigenvalue weighted by Crippen LogP contribution is -2.36. The summed E-state index contributed by atoms with van der Waals surface area (Å²) in [5.41, 5.74) is 2.00. The van der Waals surface area contributed by atoms with Gasteiger partial charge < -0.3 is 10.2 Å². The first-order chi connectivity index (χ1) is 11.2. The summed E-state index contributed by atoms with van der Waals surface area (Å²) in [5, 5.41) is 3.02. The van der Waals surface area contributed by atoms with Crippen molar-refractivity contribution in [2.24, 2.45) is 0 Å². The van der Waals surface area contributed by atoms with Gasteiger partial charge in [-0.2, -0.15) is 0 Å². The molecule has 1 aromatic rings. The number of carbonyl (C=O) groups excluding carboxylic acids is 1. The summed E-state index contributed by atoms with van der Waals surface area (Å²) in [4.78, 5) is 25.7. The summed E-state index contributed by atoms with van der Waals surface area (Å²) in [6.07, 6.45) is 8.13. The number of carbonyl (C=O) groups is 1. The van der Waals surface area contributed by atoms with E-state index in [2.05, 4.69) is 32.1 Å². The number of likely N-dealkylation sites (tertiary alicyclic amines) is 2. The minimum atomic E-state index is 0.0897. The summed E-state index contributed by atoms with van der Waals surface area (Å²) in [5.74, 6) is 0.553. The molecular formula is C17H27N5O. The third kappa shape index (κ3) is 4.48. The molecule has 1 N–H and O–H groups in total. The lowest BCUT2D eigenvalue weighted by atomic mass is 9.92. The van der Waals surface area contributed by atoms with Crippen molar-refractivity contribution in [2.75, 3.05) is 39.8 Å². The Morgan fingerprint density at radius 1 is 1.17 bits per heavy atom. The van der Waals surface area contributed by atoms with Crippen LogP contribution < -0.4 is 5.32 Å². The van der Waals surface area contributed by atoms with Gasteiger partial charge in [-0.15, -0.1) is 0 Å². The Labute approximate surface area is 138 Å². The first kappa shape index (κ1) is 16.3. The molecule has 2 fully saturated rings. The van der Waals surface area contributed by atoms with Gasteiger partial charge in [0.15, 0.2) is 0 Å². The highest BCUT2D eigenvalue weighted by Crippen LogP contribution is 2.27. The fourth-order valence-corrected chi connectivity index (χ4v) is 3.52. The number of hydrogen-bond donors (Lipinski definition) is 1. The summed E-state index contributed by atoms with van der Waals surface area (Å²) in [6.45, 7) is 5.27. The first-order valence-corrected chi connectivity index (χ1v) is 8.70. The Kier molecular flexibility index (Phi) is 5.56. The van der Waals surface area contributed by atoms with Gasteiger partial charge in [-0.3, -0.25) is 19.7 Å². The van der Waals surface area contributed by atoms with Crippen LogP contribution in [0.25, 0.3) is 0 Å². The predicted molar refractivity (Wildman–Crippen MR) is 89.0 cm³/mol. The zero-order chi connectivity index (χ0) is 16.1. The van der Waals surface area contributed by atoms with Crippen LogP contribution >= 0.6 is 0 Å². The number of hydrogen-bond acceptors (Lipinski definition) is 5. The maximum atomic E-state index is 12.1. The van der Waals surface area contributed by atoms with Crippen molar-refractivity contribution in [3.8, 4) is 0 Å². The van der Waals surface area contributed by atoms with Crippen LogP contribution in [0.15, 0.2) is 12.4 Å². The number of nitrogens with one attached hydrogen (secondary N) is 1. The average Bonchev–Trinajstić information content (AvgIpc) is 3.07. The average molecular weight is 317 g/mol. The van der Waals surface area contributed by atoms with E-state index in [4.69, 9.17) is 0 Å². The molecule has 2 aliphatic rings. The Morgan fingerprint density at radius 2 is 1.87 bits per heavy atom. The first-order valence-electron chi connectivity index (χ1n) is 8.70. The van der Waals surface area contributed by atoms with E-state index in [0.29, 0.717) is 19.0 Å². The summed E-state index contributed by atoms with van der Waals surface area (Å²) in [7, 11) is 2.16. The van der Waals surface area contributed by atoms with E-state index in [1.807, 2.05) is 0 Å². The van der Waals surface area contributed by atoms with Crippen molar-refractivity contribution in [3.05, 3.63) is 23.8 Å². The van der Waals surface area contributed by atoms with Gasteiger partial charge in [0, 0.05) is 18.3 Å². The highest BCUT2D eigenvalue weighted by molar-refractivity contribution is 5.78. The molecule has 1 amide bonds. The largest absolute Gasteiger partial charge is 0.349 e. The standard InChI is InChI=1S/C17H27N5O/c1-21-10-4-14(5-11-21)17-15(18-6-7-19-17)12-20-16(23)13-22-8-2-3-9-22/h6-7,14H,2-5,8-13H2,1H3,(H,20,23). The quantitative estimate of drug-likeness (QED) is 0.878. The van der Waals surface area contributed by atoms with Gasteiger partial charge >= 0.3 is 0 Å². The number of rotatable bonds is 5. The van der Waals surface area contributed by atoms with E-state index in [0.717, 1.165) is 50.4 Å². The molecule has 2 aliphatic heterocycles. The molecule has 0 aromatic carbocycles. The van der Waals surface area contributed by atoms with Gasteiger partial charge in [0.25, 0.3) is 0 Å². The molecule has 6 nitrogen and oxygen atoms in total. The second-order valence-electron chi connectivity index (χ2n) is 6.73. The van der Waals surface area contributed by atoms with E-state index >= 15 is 0 Å². The van der Waals surface area contributed by atoms with Crippen LogP contribution in [-0.4, -0.2) is 65.4 Å². The summed E-state index contributed by atoms with van der Waals surface area (Å²) in [6, 6.07) is 0. The molecule has 6 heteroatoms. The van der Waals surface area contributed by atoms with Crippen molar-refractivity contribution in [3.63, 3.8) is 0 Å². The number of aromatic nitrogens is 2. The topological polar surface area (TPSA) is 61.4 Å². The minimum absolute atomic E-state index is 0.0897. The van der Waals surface area contributed by atoms with E-state index in [1.165, 1.54) is 12.8 Å². The number of nitrogens with zero attached hydrogens (tertiary/aromatic N) is 4. The van der Waals surface area contributed by atoms with Crippen LogP contribution in [0.5, 0.6) is 0 Å². The van der Waals surface area contributed by atoms with Gasteiger partial charge in [-0.05, 0) is 58.9 Å².